The maximum Gasteiger partial charge on any atom is 0.192 e. The van der Waals surface area contributed by atoms with Gasteiger partial charge in [-0.25, -0.2) is 15.0 Å². The topological polar surface area (TPSA) is 88.4 Å². The van der Waals surface area contributed by atoms with Gasteiger partial charge >= 0.3 is 0 Å². The third kappa shape index (κ3) is 6.87. The van der Waals surface area contributed by atoms with Crippen molar-refractivity contribution in [3.05, 3.63) is 53.7 Å². The molecule has 3 aromatic rings. The van der Waals surface area contributed by atoms with E-state index in [2.05, 4.69) is 94.5 Å². The number of ether oxygens (including phenoxy) is 1. The van der Waals surface area contributed by atoms with E-state index in [4.69, 9.17) is 13.6 Å². The van der Waals surface area contributed by atoms with Crippen LogP contribution in [-0.2, 0) is 13.6 Å². The Labute approximate surface area is 246 Å². The van der Waals surface area contributed by atoms with Crippen LogP contribution in [0.15, 0.2) is 36.9 Å². The Morgan fingerprint density at radius 3 is 2.24 bits per heavy atom. The number of hydrogen-bond donors (Lipinski definition) is 0. The summed E-state index contributed by atoms with van der Waals surface area (Å²) in [5.74, 6) is 6.24. The predicted octanol–water partition coefficient (Wildman–Crippen LogP) is 6.74. The van der Waals surface area contributed by atoms with Crippen molar-refractivity contribution in [1.29, 1.82) is 0 Å². The molecule has 220 valence electrons. The number of imidazole rings is 1. The summed E-state index contributed by atoms with van der Waals surface area (Å²) in [4.78, 5) is 24.5. The normalized spacial score (nSPS) is 20.2. The van der Waals surface area contributed by atoms with Crippen molar-refractivity contribution in [3.63, 3.8) is 0 Å². The Balaban J connectivity index is 1.61. The van der Waals surface area contributed by atoms with E-state index >= 15 is 0 Å². The summed E-state index contributed by atoms with van der Waals surface area (Å²) in [6.07, 6.45) is 4.17. The van der Waals surface area contributed by atoms with Gasteiger partial charge in [-0.2, -0.15) is 0 Å². The minimum absolute atomic E-state index is 0.0754. The fourth-order valence-corrected chi connectivity index (χ4v) is 6.51. The monoisotopic (exact) mass is 592 g/mol. The SMILES string of the molecule is CC(C)(C)[Si](C)(C)OCC1OC(n2cnc3c(C#Cc4ccc(C=O)cc4)ncnc32)CC1O[Si](C)(C)C(C)(C)C. The first-order valence-electron chi connectivity index (χ1n) is 14.2. The molecule has 3 heterocycles. The molecule has 1 fully saturated rings. The lowest BCUT2D eigenvalue weighted by Gasteiger charge is -2.40. The maximum absolute atomic E-state index is 10.9. The highest BCUT2D eigenvalue weighted by Crippen LogP contribution is 2.42. The van der Waals surface area contributed by atoms with Crippen molar-refractivity contribution in [2.45, 2.75) is 103 Å². The summed E-state index contributed by atoms with van der Waals surface area (Å²) in [6.45, 7) is 23.1. The minimum Gasteiger partial charge on any atom is -0.414 e. The number of aldehydes is 1. The highest BCUT2D eigenvalue weighted by Gasteiger charge is 2.46. The fraction of sp³-hybridized carbons (Fsp3) is 0.548. The number of carbonyl (C=O) groups is 1. The van der Waals surface area contributed by atoms with Gasteiger partial charge in [0.25, 0.3) is 0 Å². The van der Waals surface area contributed by atoms with Crippen molar-refractivity contribution in [2.24, 2.45) is 0 Å². The zero-order chi connectivity index (χ0) is 30.2. The molecule has 3 unspecified atom stereocenters. The average molecular weight is 593 g/mol. The molecule has 2 aromatic heterocycles. The van der Waals surface area contributed by atoms with Crippen LogP contribution in [0.1, 0.15) is 75.8 Å². The molecule has 0 radical (unpaired) electrons. The van der Waals surface area contributed by atoms with Crippen LogP contribution in [0.4, 0.5) is 0 Å². The molecule has 0 spiro atoms. The molecular weight excluding hydrogens is 549 g/mol. The Bertz CT molecular complexity index is 1440. The molecule has 1 saturated heterocycles. The van der Waals surface area contributed by atoms with Crippen LogP contribution in [0.25, 0.3) is 11.2 Å². The molecule has 0 N–H and O–H groups in total. The highest BCUT2D eigenvalue weighted by molar-refractivity contribution is 6.74. The number of carbonyl (C=O) groups excluding carboxylic acids is 1. The van der Waals surface area contributed by atoms with Gasteiger partial charge in [-0.05, 0) is 54.3 Å². The summed E-state index contributed by atoms with van der Waals surface area (Å²) in [6, 6.07) is 7.11. The molecule has 10 heteroatoms. The Hall–Kier alpha value is -2.69. The second-order valence-electron chi connectivity index (χ2n) is 13.9. The van der Waals surface area contributed by atoms with Gasteiger partial charge in [-0.1, -0.05) is 59.6 Å². The Morgan fingerprint density at radius 2 is 1.63 bits per heavy atom. The quantitative estimate of drug-likeness (QED) is 0.171. The lowest BCUT2D eigenvalue weighted by molar-refractivity contribution is -0.0383. The van der Waals surface area contributed by atoms with Crippen LogP contribution in [0.5, 0.6) is 0 Å². The van der Waals surface area contributed by atoms with Gasteiger partial charge in [-0.3, -0.25) is 9.36 Å². The highest BCUT2D eigenvalue weighted by atomic mass is 28.4. The number of hydrogen-bond acceptors (Lipinski definition) is 7. The second kappa shape index (κ2) is 11.5. The van der Waals surface area contributed by atoms with Crippen molar-refractivity contribution in [2.75, 3.05) is 6.61 Å². The number of rotatable bonds is 7. The zero-order valence-corrected chi connectivity index (χ0v) is 28.1. The minimum atomic E-state index is -2.06. The Morgan fingerprint density at radius 1 is 0.976 bits per heavy atom. The third-order valence-corrected chi connectivity index (χ3v) is 17.9. The third-order valence-electron chi connectivity index (χ3n) is 8.89. The van der Waals surface area contributed by atoms with Gasteiger partial charge in [-0.15, -0.1) is 0 Å². The largest absolute Gasteiger partial charge is 0.414 e. The molecule has 0 saturated carbocycles. The lowest BCUT2D eigenvalue weighted by Crippen LogP contribution is -2.48. The summed E-state index contributed by atoms with van der Waals surface area (Å²) in [5, 5.41) is 0.179. The summed E-state index contributed by atoms with van der Waals surface area (Å²) in [7, 11) is -4.04. The predicted molar refractivity (Wildman–Crippen MR) is 167 cm³/mol. The lowest BCUT2D eigenvalue weighted by atomic mass is 10.1. The van der Waals surface area contributed by atoms with Gasteiger partial charge in [0.1, 0.15) is 36.2 Å². The van der Waals surface area contributed by atoms with Crippen LogP contribution < -0.4 is 0 Å². The van der Waals surface area contributed by atoms with Crippen LogP contribution in [-0.4, -0.2) is 61.3 Å². The molecule has 1 aliphatic heterocycles. The van der Waals surface area contributed by atoms with Crippen LogP contribution in [0.3, 0.4) is 0 Å². The van der Waals surface area contributed by atoms with E-state index < -0.39 is 16.6 Å². The van der Waals surface area contributed by atoms with Gasteiger partial charge in [0.15, 0.2) is 22.3 Å². The first kappa shape index (κ1) is 31.3. The first-order chi connectivity index (χ1) is 19.0. The smallest absolute Gasteiger partial charge is 0.192 e. The number of benzene rings is 1. The molecule has 1 aromatic carbocycles. The molecule has 0 bridgehead atoms. The van der Waals surface area contributed by atoms with E-state index in [-0.39, 0.29) is 28.5 Å². The first-order valence-corrected chi connectivity index (χ1v) is 20.1. The Kier molecular flexibility index (Phi) is 8.79. The van der Waals surface area contributed by atoms with E-state index in [0.29, 0.717) is 35.4 Å². The van der Waals surface area contributed by atoms with E-state index in [1.54, 1.807) is 18.5 Å². The van der Waals surface area contributed by atoms with Gasteiger partial charge in [0, 0.05) is 17.5 Å². The van der Waals surface area contributed by atoms with E-state index in [1.165, 1.54) is 6.33 Å². The van der Waals surface area contributed by atoms with Crippen LogP contribution >= 0.6 is 0 Å². The standard InChI is InChI=1S/C31H44N4O4Si2/c1-30(2,3)40(7,8)37-19-26-25(39-41(9,10)31(4,5)6)17-27(38-26)35-21-34-28-24(32-20-33-29(28)35)16-15-22-11-13-23(18-36)14-12-22/h11-14,18,20-21,25-27H,17,19H2,1-10H3. The van der Waals surface area contributed by atoms with Crippen molar-refractivity contribution < 1.29 is 18.4 Å². The molecule has 8 nitrogen and oxygen atoms in total. The number of fused-ring (bicyclic) bond motifs is 1. The zero-order valence-electron chi connectivity index (χ0n) is 26.1. The van der Waals surface area contributed by atoms with E-state index in [9.17, 15) is 4.79 Å². The second-order valence-corrected chi connectivity index (χ2v) is 23.5. The van der Waals surface area contributed by atoms with Crippen molar-refractivity contribution >= 4 is 34.1 Å². The van der Waals surface area contributed by atoms with E-state index in [1.807, 2.05) is 16.7 Å². The molecule has 4 rings (SSSR count). The van der Waals surface area contributed by atoms with Crippen molar-refractivity contribution in [3.8, 4) is 11.8 Å². The van der Waals surface area contributed by atoms with Gasteiger partial charge in [0.05, 0.1) is 19.0 Å². The molecule has 41 heavy (non-hydrogen) atoms. The molecule has 0 aliphatic carbocycles. The maximum atomic E-state index is 10.9. The summed E-state index contributed by atoms with van der Waals surface area (Å²) in [5.41, 5.74) is 3.23. The van der Waals surface area contributed by atoms with Gasteiger partial charge < -0.3 is 13.6 Å². The van der Waals surface area contributed by atoms with Crippen LogP contribution in [0.2, 0.25) is 36.3 Å². The number of aromatic nitrogens is 4. The summed E-state index contributed by atoms with van der Waals surface area (Å²) < 4.78 is 22.2. The van der Waals surface area contributed by atoms with Crippen LogP contribution in [0, 0.1) is 11.8 Å². The number of nitrogens with zero attached hydrogens (tertiary/aromatic N) is 4. The van der Waals surface area contributed by atoms with Gasteiger partial charge in [0.2, 0.25) is 0 Å². The molecule has 0 amide bonds. The average Bonchev–Trinajstić information content (AvgIpc) is 3.49. The van der Waals surface area contributed by atoms with E-state index in [0.717, 1.165) is 11.8 Å². The molecular formula is C31H44N4O4Si2. The molecule has 1 aliphatic rings. The fourth-order valence-electron chi connectivity index (χ4n) is 4.14. The van der Waals surface area contributed by atoms with Crippen molar-refractivity contribution in [1.82, 2.24) is 19.5 Å². The molecule has 3 atom stereocenters. The summed E-state index contributed by atoms with van der Waals surface area (Å²) >= 11 is 0.